The number of nitrogens with zero attached hydrogens (tertiary/aromatic N) is 2. The molecule has 186 valence electrons. The zero-order valence-corrected chi connectivity index (χ0v) is 21.6. The number of rotatable bonds is 6. The van der Waals surface area contributed by atoms with Gasteiger partial charge in [-0.25, -0.2) is 11.0 Å². The van der Waals surface area contributed by atoms with Crippen LogP contribution in [0.5, 0.6) is 0 Å². The minimum atomic E-state index is 0.509. The van der Waals surface area contributed by atoms with Gasteiger partial charge >= 0.3 is 0 Å². The number of amidine groups is 1. The molecule has 5 N–H and O–H groups in total. The lowest BCUT2D eigenvalue weighted by molar-refractivity contribution is -0.0754. The van der Waals surface area contributed by atoms with Crippen LogP contribution < -0.4 is 11.6 Å². The average molecular weight is 449 g/mol. The molecular weight excluding hydrogens is 396 g/mol. The van der Waals surface area contributed by atoms with Crippen LogP contribution >= 0.6 is 0 Å². The molecule has 0 aromatic heterocycles. The number of fused-ring (bicyclic) bond motifs is 5. The van der Waals surface area contributed by atoms with Gasteiger partial charge in [-0.2, -0.15) is 0 Å². The molecule has 0 bridgehead atoms. The van der Waals surface area contributed by atoms with Crippen LogP contribution in [0.1, 0.15) is 98.3 Å². The number of nitrogens with two attached hydrogens (primary N) is 2. The third kappa shape index (κ3) is 5.14. The molecule has 0 aromatic carbocycles. The van der Waals surface area contributed by atoms with E-state index >= 15 is 0 Å². The highest BCUT2D eigenvalue weighted by Gasteiger charge is 2.57. The van der Waals surface area contributed by atoms with Crippen LogP contribution in [0.3, 0.4) is 0 Å². The van der Waals surface area contributed by atoms with Crippen molar-refractivity contribution in [1.82, 2.24) is 5.12 Å². The van der Waals surface area contributed by atoms with Crippen molar-refractivity contribution >= 4 is 5.84 Å². The molecule has 5 heteroatoms. The predicted molar refractivity (Wildman–Crippen MR) is 134 cm³/mol. The van der Waals surface area contributed by atoms with Gasteiger partial charge in [0.05, 0.1) is 6.54 Å². The van der Waals surface area contributed by atoms with E-state index in [2.05, 4.69) is 25.9 Å². The fourth-order valence-corrected chi connectivity index (χ4v) is 9.26. The molecule has 5 nitrogen and oxygen atoms in total. The monoisotopic (exact) mass is 448 g/mol. The third-order valence-corrected chi connectivity index (χ3v) is 10.3. The first-order valence-corrected chi connectivity index (χ1v) is 13.6. The zero-order valence-electron chi connectivity index (χ0n) is 21.6. The van der Waals surface area contributed by atoms with Gasteiger partial charge < -0.3 is 10.8 Å². The standard InChI is InChI=1S/C26H48N4.CH4O/c1-5-6-19-7-9-21-20(15-19)8-10-23-22(21)13-14-26(4)24(11-12-25(23)26)17(2)16-30(28)29-18(3)27;1-2/h17,19-25H,5-16,28H2,1-4H3,(H2,27,29);2H,1H3. The van der Waals surface area contributed by atoms with Gasteiger partial charge in [0.1, 0.15) is 5.84 Å². The molecule has 0 radical (unpaired) electrons. The molecule has 0 amide bonds. The van der Waals surface area contributed by atoms with Crippen molar-refractivity contribution in [2.24, 2.45) is 69.4 Å². The van der Waals surface area contributed by atoms with E-state index in [0.717, 1.165) is 55.1 Å². The van der Waals surface area contributed by atoms with Gasteiger partial charge in [0.15, 0.2) is 0 Å². The lowest BCUT2D eigenvalue weighted by Gasteiger charge is -2.57. The molecule has 4 aliphatic carbocycles. The van der Waals surface area contributed by atoms with Crippen LogP contribution in [0.2, 0.25) is 0 Å². The molecular formula is C27H52N4O. The first-order valence-electron chi connectivity index (χ1n) is 13.6. The smallest absolute Gasteiger partial charge is 0.118 e. The largest absolute Gasteiger partial charge is 0.400 e. The summed E-state index contributed by atoms with van der Waals surface area (Å²) in [5, 5.41) is 12.8. The van der Waals surface area contributed by atoms with Crippen molar-refractivity contribution in [3.63, 3.8) is 0 Å². The summed E-state index contributed by atoms with van der Waals surface area (Å²) in [6.45, 7) is 10.0. The Morgan fingerprint density at radius 2 is 1.78 bits per heavy atom. The molecule has 32 heavy (non-hydrogen) atoms. The fourth-order valence-electron chi connectivity index (χ4n) is 9.26. The summed E-state index contributed by atoms with van der Waals surface area (Å²) in [7, 11) is 1.00. The highest BCUT2D eigenvalue weighted by Crippen LogP contribution is 2.65. The normalized spacial score (nSPS) is 42.1. The highest BCUT2D eigenvalue weighted by atomic mass is 16.2. The Labute approximate surface area is 197 Å². The summed E-state index contributed by atoms with van der Waals surface area (Å²) in [5.41, 5.74) is 6.24. The molecule has 0 aliphatic heterocycles. The van der Waals surface area contributed by atoms with E-state index < -0.39 is 0 Å². The first kappa shape index (κ1) is 25.8. The summed E-state index contributed by atoms with van der Waals surface area (Å²) in [6, 6.07) is 0. The second kappa shape index (κ2) is 11.1. The Balaban J connectivity index is 0.00000141. The van der Waals surface area contributed by atoms with Gasteiger partial charge in [0.2, 0.25) is 0 Å². The third-order valence-electron chi connectivity index (χ3n) is 10.3. The topological polar surface area (TPSA) is 87.9 Å². The molecule has 9 atom stereocenters. The van der Waals surface area contributed by atoms with Crippen molar-refractivity contribution in [3.8, 4) is 0 Å². The number of aliphatic hydroxyl groups excluding tert-OH is 1. The molecule has 0 heterocycles. The molecule has 4 saturated carbocycles. The highest BCUT2D eigenvalue weighted by molar-refractivity contribution is 5.77. The summed E-state index contributed by atoms with van der Waals surface area (Å²) >= 11 is 0. The molecule has 0 aromatic rings. The van der Waals surface area contributed by atoms with E-state index in [1.54, 1.807) is 18.0 Å². The van der Waals surface area contributed by atoms with Crippen molar-refractivity contribution < 1.29 is 5.11 Å². The van der Waals surface area contributed by atoms with Gasteiger partial charge in [-0.1, -0.05) is 40.0 Å². The van der Waals surface area contributed by atoms with Crippen LogP contribution in [0.25, 0.3) is 0 Å². The van der Waals surface area contributed by atoms with E-state index in [0.29, 0.717) is 17.2 Å². The average Bonchev–Trinajstić information content (AvgIpc) is 3.12. The maximum atomic E-state index is 7.00. The second-order valence-electron chi connectivity index (χ2n) is 12.0. The summed E-state index contributed by atoms with van der Waals surface area (Å²) in [5.74, 6) is 14.2. The summed E-state index contributed by atoms with van der Waals surface area (Å²) in [6.07, 6.45) is 16.3. The number of hydrogen-bond donors (Lipinski definition) is 3. The van der Waals surface area contributed by atoms with Crippen molar-refractivity contribution in [2.75, 3.05) is 13.7 Å². The lowest BCUT2D eigenvalue weighted by atomic mass is 9.48. The van der Waals surface area contributed by atoms with E-state index in [1.807, 2.05) is 6.92 Å². The lowest BCUT2D eigenvalue weighted by Crippen LogP contribution is -2.49. The number of hydrogen-bond acceptors (Lipinski definition) is 4. The zero-order chi connectivity index (χ0) is 23.5. The van der Waals surface area contributed by atoms with Crippen LogP contribution in [-0.2, 0) is 0 Å². The van der Waals surface area contributed by atoms with Gasteiger partial charge in [0, 0.05) is 7.11 Å². The van der Waals surface area contributed by atoms with Crippen LogP contribution in [0.15, 0.2) is 5.10 Å². The first-order chi connectivity index (χ1) is 15.3. The quantitative estimate of drug-likeness (QED) is 0.220. The molecule has 4 fully saturated rings. The van der Waals surface area contributed by atoms with Gasteiger partial charge in [-0.05, 0) is 111 Å². The van der Waals surface area contributed by atoms with Crippen LogP contribution in [0, 0.1) is 52.8 Å². The molecule has 0 spiro atoms. The maximum absolute atomic E-state index is 7.00. The Morgan fingerprint density at radius 1 is 1.06 bits per heavy atom. The minimum absolute atomic E-state index is 0.509. The van der Waals surface area contributed by atoms with Crippen LogP contribution in [0.4, 0.5) is 0 Å². The predicted octanol–water partition coefficient (Wildman–Crippen LogP) is 5.38. The van der Waals surface area contributed by atoms with E-state index in [1.165, 1.54) is 57.8 Å². The maximum Gasteiger partial charge on any atom is 0.118 e. The SMILES string of the molecule is CCCC1CCC2C(CCC3C2CCC2(C)C(C(C)CN(N)/N=C(/C)N)CCC32)C1.CO. The second-order valence-corrected chi connectivity index (χ2v) is 12.0. The molecule has 9 unspecified atom stereocenters. The molecule has 0 saturated heterocycles. The number of hydrazone groups is 1. The Morgan fingerprint density at radius 3 is 2.47 bits per heavy atom. The van der Waals surface area contributed by atoms with Crippen molar-refractivity contribution in [3.05, 3.63) is 0 Å². The van der Waals surface area contributed by atoms with E-state index in [-0.39, 0.29) is 0 Å². The van der Waals surface area contributed by atoms with E-state index in [9.17, 15) is 0 Å². The number of hydrazine groups is 1. The fraction of sp³-hybridized carbons (Fsp3) is 0.963. The van der Waals surface area contributed by atoms with Crippen molar-refractivity contribution in [1.29, 1.82) is 0 Å². The molecule has 4 rings (SSSR count). The van der Waals surface area contributed by atoms with Gasteiger partial charge in [-0.3, -0.25) is 0 Å². The van der Waals surface area contributed by atoms with E-state index in [4.69, 9.17) is 16.7 Å². The van der Waals surface area contributed by atoms with Crippen molar-refractivity contribution in [2.45, 2.75) is 98.3 Å². The van der Waals surface area contributed by atoms with Gasteiger partial charge in [-0.15, -0.1) is 5.10 Å². The minimum Gasteiger partial charge on any atom is -0.400 e. The van der Waals surface area contributed by atoms with Gasteiger partial charge in [0.25, 0.3) is 0 Å². The summed E-state index contributed by atoms with van der Waals surface area (Å²) in [4.78, 5) is 0. The Bertz CT molecular complexity index is 621. The van der Waals surface area contributed by atoms with Crippen LogP contribution in [-0.4, -0.2) is 29.7 Å². The molecule has 4 aliphatic rings. The number of aliphatic hydroxyl groups is 1. The Kier molecular flexibility index (Phi) is 8.93. The Hall–Kier alpha value is -0.810. The summed E-state index contributed by atoms with van der Waals surface area (Å²) < 4.78 is 0.